The monoisotopic (exact) mass is 272 g/mol. The summed E-state index contributed by atoms with van der Waals surface area (Å²) in [5.74, 6) is 1.32. The van der Waals surface area contributed by atoms with Gasteiger partial charge in [-0.3, -0.25) is 15.0 Å². The molecule has 20 heavy (non-hydrogen) atoms. The van der Waals surface area contributed by atoms with E-state index in [9.17, 15) is 0 Å². The number of hydrogen-bond acceptors (Lipinski definition) is 5. The molecule has 2 aromatic heterocycles. The summed E-state index contributed by atoms with van der Waals surface area (Å²) in [6.07, 6.45) is 10.8. The number of nitrogens with zero attached hydrogens (tertiary/aromatic N) is 4. The van der Waals surface area contributed by atoms with Crippen molar-refractivity contribution in [2.75, 3.05) is 7.11 Å². The zero-order valence-corrected chi connectivity index (χ0v) is 12.2. The highest BCUT2D eigenvalue weighted by molar-refractivity contribution is 5.10. The SMILES string of the molecule is COc1cnc(C(C)CCC(C)c2cnccn2)cn1. The van der Waals surface area contributed by atoms with Gasteiger partial charge >= 0.3 is 0 Å². The van der Waals surface area contributed by atoms with E-state index in [0.717, 1.165) is 24.2 Å². The van der Waals surface area contributed by atoms with E-state index in [-0.39, 0.29) is 0 Å². The van der Waals surface area contributed by atoms with Crippen LogP contribution in [0.2, 0.25) is 0 Å². The molecule has 0 aliphatic carbocycles. The van der Waals surface area contributed by atoms with Gasteiger partial charge < -0.3 is 4.74 Å². The Morgan fingerprint density at radius 2 is 1.60 bits per heavy atom. The van der Waals surface area contributed by atoms with Crippen LogP contribution in [0.4, 0.5) is 0 Å². The van der Waals surface area contributed by atoms with Crippen molar-refractivity contribution in [1.29, 1.82) is 0 Å². The molecule has 0 radical (unpaired) electrons. The Kier molecular flexibility index (Phi) is 4.98. The molecule has 5 heteroatoms. The molecule has 0 aliphatic rings. The van der Waals surface area contributed by atoms with Gasteiger partial charge in [-0.1, -0.05) is 13.8 Å². The fourth-order valence-corrected chi connectivity index (χ4v) is 2.05. The Balaban J connectivity index is 1.89. The molecule has 0 spiro atoms. The maximum Gasteiger partial charge on any atom is 0.231 e. The van der Waals surface area contributed by atoms with E-state index < -0.39 is 0 Å². The lowest BCUT2D eigenvalue weighted by atomic mass is 9.94. The predicted molar refractivity (Wildman–Crippen MR) is 76.7 cm³/mol. The summed E-state index contributed by atoms with van der Waals surface area (Å²) in [5, 5.41) is 0. The van der Waals surface area contributed by atoms with E-state index in [1.165, 1.54) is 0 Å². The summed E-state index contributed by atoms with van der Waals surface area (Å²) < 4.78 is 5.02. The summed E-state index contributed by atoms with van der Waals surface area (Å²) in [7, 11) is 1.59. The fourth-order valence-electron chi connectivity index (χ4n) is 2.05. The van der Waals surface area contributed by atoms with Gasteiger partial charge in [0, 0.05) is 18.6 Å². The van der Waals surface area contributed by atoms with Crippen LogP contribution in [0, 0.1) is 0 Å². The first-order valence-electron chi connectivity index (χ1n) is 6.82. The van der Waals surface area contributed by atoms with Gasteiger partial charge in [-0.2, -0.15) is 0 Å². The molecule has 0 amide bonds. The molecule has 0 saturated heterocycles. The molecule has 0 N–H and O–H groups in total. The second kappa shape index (κ2) is 6.93. The first-order chi connectivity index (χ1) is 9.70. The van der Waals surface area contributed by atoms with Gasteiger partial charge in [0.05, 0.1) is 30.9 Å². The van der Waals surface area contributed by atoms with E-state index in [1.54, 1.807) is 31.9 Å². The van der Waals surface area contributed by atoms with E-state index in [4.69, 9.17) is 4.74 Å². The molecule has 0 aromatic carbocycles. The highest BCUT2D eigenvalue weighted by Crippen LogP contribution is 2.25. The second-order valence-electron chi connectivity index (χ2n) is 4.99. The summed E-state index contributed by atoms with van der Waals surface area (Å²) >= 11 is 0. The third-order valence-electron chi connectivity index (χ3n) is 3.48. The van der Waals surface area contributed by atoms with Gasteiger partial charge in [-0.15, -0.1) is 0 Å². The first kappa shape index (κ1) is 14.4. The minimum absolute atomic E-state index is 0.368. The van der Waals surface area contributed by atoms with Crippen LogP contribution in [0.5, 0.6) is 5.88 Å². The maximum absolute atomic E-state index is 5.02. The molecule has 2 unspecified atom stereocenters. The van der Waals surface area contributed by atoms with Crippen molar-refractivity contribution in [2.24, 2.45) is 0 Å². The molecule has 2 rings (SSSR count). The van der Waals surface area contributed by atoms with Gasteiger partial charge in [0.15, 0.2) is 0 Å². The topological polar surface area (TPSA) is 60.8 Å². The van der Waals surface area contributed by atoms with E-state index in [0.29, 0.717) is 17.7 Å². The smallest absolute Gasteiger partial charge is 0.231 e. The van der Waals surface area contributed by atoms with Gasteiger partial charge in [0.25, 0.3) is 0 Å². The molecular formula is C15H20N4O. The number of aromatic nitrogens is 4. The van der Waals surface area contributed by atoms with Crippen molar-refractivity contribution < 1.29 is 4.74 Å². The zero-order valence-electron chi connectivity index (χ0n) is 12.2. The largest absolute Gasteiger partial charge is 0.480 e. The molecule has 5 nitrogen and oxygen atoms in total. The van der Waals surface area contributed by atoms with Crippen LogP contribution in [0.1, 0.15) is 49.9 Å². The van der Waals surface area contributed by atoms with E-state index in [1.807, 2.05) is 6.20 Å². The van der Waals surface area contributed by atoms with Crippen LogP contribution >= 0.6 is 0 Å². The molecular weight excluding hydrogens is 252 g/mol. The van der Waals surface area contributed by atoms with Crippen molar-refractivity contribution in [3.8, 4) is 5.88 Å². The fraction of sp³-hybridized carbons (Fsp3) is 0.467. The Morgan fingerprint density at radius 3 is 2.10 bits per heavy atom. The standard InChI is InChI=1S/C15H20N4O/c1-11(13-8-16-6-7-17-13)4-5-12(2)14-9-19-15(20-3)10-18-14/h6-12H,4-5H2,1-3H3. The highest BCUT2D eigenvalue weighted by Gasteiger charge is 2.12. The van der Waals surface area contributed by atoms with Crippen LogP contribution in [-0.4, -0.2) is 27.0 Å². The Labute approximate surface area is 119 Å². The highest BCUT2D eigenvalue weighted by atomic mass is 16.5. The lowest BCUT2D eigenvalue weighted by molar-refractivity contribution is 0.394. The lowest BCUT2D eigenvalue weighted by Gasteiger charge is -2.14. The average molecular weight is 272 g/mol. The van der Waals surface area contributed by atoms with Gasteiger partial charge in [0.1, 0.15) is 0 Å². The van der Waals surface area contributed by atoms with E-state index >= 15 is 0 Å². The van der Waals surface area contributed by atoms with Crippen LogP contribution in [0.25, 0.3) is 0 Å². The van der Waals surface area contributed by atoms with Crippen LogP contribution in [0.15, 0.2) is 31.0 Å². The number of rotatable bonds is 6. The summed E-state index contributed by atoms with van der Waals surface area (Å²) in [6, 6.07) is 0. The summed E-state index contributed by atoms with van der Waals surface area (Å²) in [5.41, 5.74) is 2.04. The maximum atomic E-state index is 5.02. The number of hydrogen-bond donors (Lipinski definition) is 0. The van der Waals surface area contributed by atoms with Crippen molar-refractivity contribution in [2.45, 2.75) is 38.5 Å². The van der Waals surface area contributed by atoms with Gasteiger partial charge in [-0.25, -0.2) is 4.98 Å². The predicted octanol–water partition coefficient (Wildman–Crippen LogP) is 2.96. The van der Waals surface area contributed by atoms with Crippen molar-refractivity contribution in [3.63, 3.8) is 0 Å². The zero-order chi connectivity index (χ0) is 14.4. The molecule has 2 atom stereocenters. The quantitative estimate of drug-likeness (QED) is 0.809. The Morgan fingerprint density at radius 1 is 0.900 bits per heavy atom. The lowest BCUT2D eigenvalue weighted by Crippen LogP contribution is -2.03. The van der Waals surface area contributed by atoms with Gasteiger partial charge in [0.2, 0.25) is 5.88 Å². The summed E-state index contributed by atoms with van der Waals surface area (Å²) in [6.45, 7) is 4.34. The third-order valence-corrected chi connectivity index (χ3v) is 3.48. The number of methoxy groups -OCH3 is 1. The van der Waals surface area contributed by atoms with Gasteiger partial charge in [-0.05, 0) is 24.7 Å². The third kappa shape index (κ3) is 3.73. The molecule has 0 fully saturated rings. The first-order valence-corrected chi connectivity index (χ1v) is 6.82. The summed E-state index contributed by atoms with van der Waals surface area (Å²) in [4.78, 5) is 17.0. The minimum atomic E-state index is 0.368. The van der Waals surface area contributed by atoms with Crippen molar-refractivity contribution in [3.05, 3.63) is 42.4 Å². The molecule has 106 valence electrons. The minimum Gasteiger partial charge on any atom is -0.480 e. The molecule has 0 saturated carbocycles. The van der Waals surface area contributed by atoms with E-state index in [2.05, 4.69) is 33.8 Å². The van der Waals surface area contributed by atoms with Crippen LogP contribution < -0.4 is 4.74 Å². The molecule has 2 heterocycles. The molecule has 2 aromatic rings. The number of ether oxygens (including phenoxy) is 1. The molecule has 0 aliphatic heterocycles. The van der Waals surface area contributed by atoms with Crippen LogP contribution in [0.3, 0.4) is 0 Å². The Bertz CT molecular complexity index is 515. The normalized spacial score (nSPS) is 13.8. The Hall–Kier alpha value is -2.04. The molecule has 0 bridgehead atoms. The average Bonchev–Trinajstić information content (AvgIpc) is 2.53. The van der Waals surface area contributed by atoms with Crippen molar-refractivity contribution in [1.82, 2.24) is 19.9 Å². The van der Waals surface area contributed by atoms with Crippen molar-refractivity contribution >= 4 is 0 Å². The second-order valence-corrected chi connectivity index (χ2v) is 4.99. The van der Waals surface area contributed by atoms with Crippen LogP contribution in [-0.2, 0) is 0 Å².